The fourth-order valence-electron chi connectivity index (χ4n) is 3.10. The standard InChI is InChI=1S/C16H24O4/c1-11-5-3-2-4-6-12-9-13(17)10-14(12)15(18)7-8-16(19)20-11/h4,6-8,11-15,17-18H,2-3,5,9-10H2,1H3/b6-4-,8-7-. The molecule has 1 heterocycles. The van der Waals surface area contributed by atoms with Gasteiger partial charge in [-0.05, 0) is 56.9 Å². The van der Waals surface area contributed by atoms with Gasteiger partial charge in [-0.2, -0.15) is 0 Å². The van der Waals surface area contributed by atoms with Crippen LogP contribution in [0.4, 0.5) is 0 Å². The van der Waals surface area contributed by atoms with Crippen LogP contribution in [0.3, 0.4) is 0 Å². The van der Waals surface area contributed by atoms with Gasteiger partial charge in [0.1, 0.15) is 0 Å². The summed E-state index contributed by atoms with van der Waals surface area (Å²) in [6, 6.07) is 0. The first-order valence-corrected chi connectivity index (χ1v) is 7.48. The van der Waals surface area contributed by atoms with E-state index in [0.29, 0.717) is 12.8 Å². The molecule has 0 radical (unpaired) electrons. The van der Waals surface area contributed by atoms with Gasteiger partial charge in [0.05, 0.1) is 18.3 Å². The van der Waals surface area contributed by atoms with Crippen LogP contribution in [-0.4, -0.2) is 34.5 Å². The molecule has 0 aromatic carbocycles. The van der Waals surface area contributed by atoms with Crippen molar-refractivity contribution in [2.45, 2.75) is 57.3 Å². The fourth-order valence-corrected chi connectivity index (χ4v) is 3.10. The van der Waals surface area contributed by atoms with Crippen molar-refractivity contribution in [3.8, 4) is 0 Å². The number of fused-ring (bicyclic) bond motifs is 1. The van der Waals surface area contributed by atoms with Crippen molar-refractivity contribution in [2.75, 3.05) is 0 Å². The van der Waals surface area contributed by atoms with Gasteiger partial charge in [0.2, 0.25) is 0 Å². The number of hydrogen-bond donors (Lipinski definition) is 2. The van der Waals surface area contributed by atoms with Crippen molar-refractivity contribution in [1.29, 1.82) is 0 Å². The molecule has 4 heteroatoms. The van der Waals surface area contributed by atoms with Crippen LogP contribution < -0.4 is 0 Å². The molecule has 0 spiro atoms. The molecule has 20 heavy (non-hydrogen) atoms. The summed E-state index contributed by atoms with van der Waals surface area (Å²) in [6.45, 7) is 1.89. The molecule has 0 amide bonds. The predicted octanol–water partition coefficient (Wildman–Crippen LogP) is 1.96. The third-order valence-electron chi connectivity index (χ3n) is 4.19. The Morgan fingerprint density at radius 1 is 1.25 bits per heavy atom. The Balaban J connectivity index is 2.11. The van der Waals surface area contributed by atoms with E-state index in [9.17, 15) is 15.0 Å². The molecule has 1 aliphatic carbocycles. The van der Waals surface area contributed by atoms with Gasteiger partial charge in [-0.25, -0.2) is 4.79 Å². The lowest BCUT2D eigenvalue weighted by Gasteiger charge is -2.19. The molecule has 5 atom stereocenters. The zero-order chi connectivity index (χ0) is 14.5. The Labute approximate surface area is 120 Å². The van der Waals surface area contributed by atoms with Crippen LogP contribution in [0.25, 0.3) is 0 Å². The highest BCUT2D eigenvalue weighted by atomic mass is 16.5. The van der Waals surface area contributed by atoms with Crippen LogP contribution in [0.5, 0.6) is 0 Å². The van der Waals surface area contributed by atoms with Crippen LogP contribution >= 0.6 is 0 Å². The second-order valence-electron chi connectivity index (χ2n) is 5.91. The lowest BCUT2D eigenvalue weighted by Crippen LogP contribution is -2.21. The highest BCUT2D eigenvalue weighted by Gasteiger charge is 2.35. The predicted molar refractivity (Wildman–Crippen MR) is 75.9 cm³/mol. The quantitative estimate of drug-likeness (QED) is 0.526. The van der Waals surface area contributed by atoms with Crippen molar-refractivity contribution < 1.29 is 19.7 Å². The van der Waals surface area contributed by atoms with Gasteiger partial charge < -0.3 is 14.9 Å². The Morgan fingerprint density at radius 2 is 2.05 bits per heavy atom. The molecule has 0 bridgehead atoms. The van der Waals surface area contributed by atoms with E-state index in [4.69, 9.17) is 4.74 Å². The Bertz CT molecular complexity index is 388. The number of carbonyl (C=O) groups excluding carboxylic acids is 1. The van der Waals surface area contributed by atoms with E-state index in [0.717, 1.165) is 19.3 Å². The van der Waals surface area contributed by atoms with Crippen LogP contribution in [0.2, 0.25) is 0 Å². The summed E-state index contributed by atoms with van der Waals surface area (Å²) in [5, 5.41) is 20.0. The summed E-state index contributed by atoms with van der Waals surface area (Å²) >= 11 is 0. The normalized spacial score (nSPS) is 42.5. The molecule has 112 valence electrons. The summed E-state index contributed by atoms with van der Waals surface area (Å²) in [6.07, 6.45) is 9.87. The number of hydrogen-bond acceptors (Lipinski definition) is 4. The number of aliphatic hydroxyl groups is 2. The minimum Gasteiger partial charge on any atom is -0.460 e. The maximum Gasteiger partial charge on any atom is 0.330 e. The van der Waals surface area contributed by atoms with Crippen molar-refractivity contribution in [2.24, 2.45) is 11.8 Å². The largest absolute Gasteiger partial charge is 0.460 e. The topological polar surface area (TPSA) is 66.8 Å². The van der Waals surface area contributed by atoms with Crippen LogP contribution in [-0.2, 0) is 9.53 Å². The first kappa shape index (κ1) is 15.3. The number of cyclic esters (lactones) is 1. The first-order valence-electron chi connectivity index (χ1n) is 7.48. The minimum absolute atomic E-state index is 0.0246. The first-order chi connectivity index (χ1) is 9.56. The molecule has 1 fully saturated rings. The van der Waals surface area contributed by atoms with Gasteiger partial charge in [-0.15, -0.1) is 0 Å². The van der Waals surface area contributed by atoms with Crippen molar-refractivity contribution >= 4 is 5.97 Å². The zero-order valence-corrected chi connectivity index (χ0v) is 11.9. The van der Waals surface area contributed by atoms with E-state index >= 15 is 0 Å². The van der Waals surface area contributed by atoms with Gasteiger partial charge in [0, 0.05) is 6.08 Å². The number of carbonyl (C=O) groups is 1. The lowest BCUT2D eigenvalue weighted by molar-refractivity contribution is -0.142. The van der Waals surface area contributed by atoms with E-state index in [1.54, 1.807) is 0 Å². The molecule has 2 N–H and O–H groups in total. The summed E-state index contributed by atoms with van der Waals surface area (Å²) in [5.74, 6) is -0.249. The summed E-state index contributed by atoms with van der Waals surface area (Å²) in [7, 11) is 0. The van der Waals surface area contributed by atoms with Gasteiger partial charge >= 0.3 is 5.97 Å². The third kappa shape index (κ3) is 4.18. The maximum atomic E-state index is 11.6. The number of esters is 1. The monoisotopic (exact) mass is 280 g/mol. The van der Waals surface area contributed by atoms with E-state index in [1.165, 1.54) is 12.2 Å². The number of aliphatic hydroxyl groups excluding tert-OH is 2. The molecule has 0 aromatic heterocycles. The number of ether oxygens (including phenoxy) is 1. The molecule has 4 nitrogen and oxygen atoms in total. The lowest BCUT2D eigenvalue weighted by atomic mass is 9.90. The SMILES string of the molecule is CC1CCC/C=C\C2CC(O)CC2C(O)/C=C\C(=O)O1. The minimum atomic E-state index is -0.717. The Hall–Kier alpha value is -1.13. The van der Waals surface area contributed by atoms with Crippen molar-refractivity contribution in [1.82, 2.24) is 0 Å². The van der Waals surface area contributed by atoms with Crippen LogP contribution in [0.15, 0.2) is 24.3 Å². The summed E-state index contributed by atoms with van der Waals surface area (Å²) in [4.78, 5) is 11.6. The number of allylic oxidation sites excluding steroid dienone is 2. The number of rotatable bonds is 0. The molecule has 5 unspecified atom stereocenters. The fraction of sp³-hybridized carbons (Fsp3) is 0.688. The van der Waals surface area contributed by atoms with E-state index in [-0.39, 0.29) is 24.0 Å². The van der Waals surface area contributed by atoms with Crippen molar-refractivity contribution in [3.63, 3.8) is 0 Å². The summed E-state index contributed by atoms with van der Waals surface area (Å²) < 4.78 is 5.23. The molecule has 2 rings (SSSR count). The van der Waals surface area contributed by atoms with Crippen molar-refractivity contribution in [3.05, 3.63) is 24.3 Å². The zero-order valence-electron chi connectivity index (χ0n) is 11.9. The average molecular weight is 280 g/mol. The molecular weight excluding hydrogens is 256 g/mol. The Morgan fingerprint density at radius 3 is 2.85 bits per heavy atom. The molecule has 2 aliphatic rings. The molecular formula is C16H24O4. The highest BCUT2D eigenvalue weighted by molar-refractivity contribution is 5.82. The third-order valence-corrected chi connectivity index (χ3v) is 4.19. The highest BCUT2D eigenvalue weighted by Crippen LogP contribution is 2.36. The van der Waals surface area contributed by atoms with Crippen LogP contribution in [0, 0.1) is 11.8 Å². The van der Waals surface area contributed by atoms with E-state index in [1.807, 2.05) is 6.92 Å². The van der Waals surface area contributed by atoms with E-state index in [2.05, 4.69) is 12.2 Å². The van der Waals surface area contributed by atoms with Gasteiger partial charge in [-0.1, -0.05) is 12.2 Å². The Kier molecular flexibility index (Phi) is 5.38. The van der Waals surface area contributed by atoms with Gasteiger partial charge in [0.15, 0.2) is 0 Å². The second-order valence-corrected chi connectivity index (χ2v) is 5.91. The van der Waals surface area contributed by atoms with Crippen LogP contribution in [0.1, 0.15) is 39.0 Å². The molecule has 1 saturated carbocycles. The average Bonchev–Trinajstić information content (AvgIpc) is 2.76. The van der Waals surface area contributed by atoms with E-state index < -0.39 is 12.1 Å². The molecule has 1 aliphatic heterocycles. The molecule has 0 aromatic rings. The summed E-state index contributed by atoms with van der Waals surface area (Å²) in [5.41, 5.74) is 0. The molecule has 0 saturated heterocycles. The van der Waals surface area contributed by atoms with Gasteiger partial charge in [-0.3, -0.25) is 0 Å². The smallest absolute Gasteiger partial charge is 0.330 e. The maximum absolute atomic E-state index is 11.6. The van der Waals surface area contributed by atoms with Gasteiger partial charge in [0.25, 0.3) is 0 Å². The second kappa shape index (κ2) is 7.04.